The van der Waals surface area contributed by atoms with E-state index in [-0.39, 0.29) is 0 Å². The molecule has 1 heterocycles. The Morgan fingerprint density at radius 1 is 1.31 bits per heavy atom. The zero-order valence-electron chi connectivity index (χ0n) is 8.76. The van der Waals surface area contributed by atoms with Gasteiger partial charge < -0.3 is 4.98 Å². The van der Waals surface area contributed by atoms with E-state index in [9.17, 15) is 0 Å². The summed E-state index contributed by atoms with van der Waals surface area (Å²) in [7, 11) is 0. The molecule has 2 aromatic rings. The van der Waals surface area contributed by atoms with E-state index in [2.05, 4.69) is 25.9 Å². The molecule has 1 N–H and O–H groups in total. The summed E-state index contributed by atoms with van der Waals surface area (Å²) in [6, 6.07) is 3.92. The predicted octanol–water partition coefficient (Wildman–Crippen LogP) is 4.64. The molecule has 0 amide bonds. The van der Waals surface area contributed by atoms with E-state index < -0.39 is 0 Å². The fraction of sp³-hybridized carbons (Fsp3) is 0.417. The van der Waals surface area contributed by atoms with Gasteiger partial charge in [0, 0.05) is 10.4 Å². The van der Waals surface area contributed by atoms with Crippen LogP contribution in [0.5, 0.6) is 0 Å². The lowest BCUT2D eigenvalue weighted by Gasteiger charge is -2.02. The molecule has 4 heteroatoms. The van der Waals surface area contributed by atoms with Gasteiger partial charge in [0.1, 0.15) is 5.82 Å². The van der Waals surface area contributed by atoms with Gasteiger partial charge in [0.25, 0.3) is 0 Å². The van der Waals surface area contributed by atoms with E-state index in [4.69, 9.17) is 11.6 Å². The maximum absolute atomic E-state index is 6.06. The first-order valence-corrected chi connectivity index (χ1v) is 6.76. The van der Waals surface area contributed by atoms with Crippen LogP contribution in [0.3, 0.4) is 0 Å². The molecule has 0 unspecified atom stereocenters. The number of H-pyrrole nitrogens is 1. The van der Waals surface area contributed by atoms with E-state index in [1.165, 1.54) is 25.7 Å². The Hall–Kier alpha value is -0.540. The van der Waals surface area contributed by atoms with Crippen molar-refractivity contribution < 1.29 is 0 Å². The number of halogens is 2. The third kappa shape index (κ3) is 1.76. The van der Waals surface area contributed by atoms with Crippen molar-refractivity contribution in [3.8, 4) is 0 Å². The van der Waals surface area contributed by atoms with Crippen molar-refractivity contribution in [2.45, 2.75) is 31.6 Å². The fourth-order valence-corrected chi connectivity index (χ4v) is 2.91. The molecule has 1 fully saturated rings. The Morgan fingerprint density at radius 2 is 2.06 bits per heavy atom. The Kier molecular flexibility index (Phi) is 2.68. The van der Waals surface area contributed by atoms with Gasteiger partial charge in [-0.15, -0.1) is 0 Å². The van der Waals surface area contributed by atoms with Gasteiger partial charge in [0.2, 0.25) is 0 Å². The van der Waals surface area contributed by atoms with Crippen LogP contribution in [-0.4, -0.2) is 9.97 Å². The molecule has 1 aromatic carbocycles. The normalized spacial score (nSPS) is 17.4. The predicted molar refractivity (Wildman–Crippen MR) is 70.0 cm³/mol. The Bertz CT molecular complexity index is 490. The summed E-state index contributed by atoms with van der Waals surface area (Å²) in [6.07, 6.45) is 5.17. The maximum atomic E-state index is 6.06. The first-order chi connectivity index (χ1) is 7.74. The number of aromatic amines is 1. The van der Waals surface area contributed by atoms with Crippen LogP contribution in [0, 0.1) is 0 Å². The Balaban J connectivity index is 2.08. The quantitative estimate of drug-likeness (QED) is 0.816. The highest BCUT2D eigenvalue weighted by molar-refractivity contribution is 9.10. The molecule has 1 aromatic heterocycles. The second-order valence-corrected chi connectivity index (χ2v) is 5.65. The molecule has 1 aliphatic carbocycles. The number of nitrogens with zero attached hydrogens (tertiary/aromatic N) is 1. The van der Waals surface area contributed by atoms with Crippen LogP contribution in [0.4, 0.5) is 0 Å². The van der Waals surface area contributed by atoms with Gasteiger partial charge in [-0.3, -0.25) is 0 Å². The molecule has 2 nitrogen and oxygen atoms in total. The van der Waals surface area contributed by atoms with E-state index in [1.54, 1.807) is 0 Å². The van der Waals surface area contributed by atoms with Crippen LogP contribution in [0.1, 0.15) is 37.4 Å². The van der Waals surface area contributed by atoms with E-state index in [0.29, 0.717) is 5.92 Å². The molecule has 0 aliphatic heterocycles. The molecular formula is C12H12BrClN2. The second-order valence-electron chi connectivity index (χ2n) is 4.39. The van der Waals surface area contributed by atoms with Gasteiger partial charge >= 0.3 is 0 Å². The van der Waals surface area contributed by atoms with Crippen LogP contribution in [0.25, 0.3) is 11.0 Å². The fourth-order valence-electron chi connectivity index (χ4n) is 2.42. The number of nitrogens with one attached hydrogen (secondary N) is 1. The van der Waals surface area contributed by atoms with Crippen LogP contribution >= 0.6 is 27.5 Å². The maximum Gasteiger partial charge on any atom is 0.110 e. The SMILES string of the molecule is Clc1cc2[nH]c(C3CCCC3)nc2cc1Br. The number of aromatic nitrogens is 2. The highest BCUT2D eigenvalue weighted by atomic mass is 79.9. The molecule has 0 atom stereocenters. The van der Waals surface area contributed by atoms with E-state index >= 15 is 0 Å². The van der Waals surface area contributed by atoms with Crippen molar-refractivity contribution in [3.05, 3.63) is 27.5 Å². The number of hydrogen-bond donors (Lipinski definition) is 1. The van der Waals surface area contributed by atoms with Gasteiger partial charge in [-0.1, -0.05) is 24.4 Å². The molecule has 84 valence electrons. The summed E-state index contributed by atoms with van der Waals surface area (Å²) < 4.78 is 0.908. The van der Waals surface area contributed by atoms with Crippen LogP contribution in [-0.2, 0) is 0 Å². The number of imidazole rings is 1. The minimum Gasteiger partial charge on any atom is -0.342 e. The summed E-state index contributed by atoms with van der Waals surface area (Å²) in [5, 5.41) is 0.731. The van der Waals surface area contributed by atoms with Gasteiger partial charge in [0.15, 0.2) is 0 Å². The van der Waals surface area contributed by atoms with Crippen molar-refractivity contribution in [1.82, 2.24) is 9.97 Å². The van der Waals surface area contributed by atoms with Gasteiger partial charge in [0.05, 0.1) is 16.1 Å². The Morgan fingerprint density at radius 3 is 2.81 bits per heavy atom. The van der Waals surface area contributed by atoms with Crippen molar-refractivity contribution in [2.75, 3.05) is 0 Å². The van der Waals surface area contributed by atoms with Crippen LogP contribution in [0.2, 0.25) is 5.02 Å². The second kappa shape index (κ2) is 4.04. The number of hydrogen-bond acceptors (Lipinski definition) is 1. The van der Waals surface area contributed by atoms with Crippen molar-refractivity contribution in [2.24, 2.45) is 0 Å². The van der Waals surface area contributed by atoms with Gasteiger partial charge in [-0.25, -0.2) is 4.98 Å². The average molecular weight is 300 g/mol. The van der Waals surface area contributed by atoms with Crippen LogP contribution in [0.15, 0.2) is 16.6 Å². The minimum atomic E-state index is 0.616. The molecule has 1 aliphatic rings. The van der Waals surface area contributed by atoms with Gasteiger partial charge in [-0.2, -0.15) is 0 Å². The molecule has 0 spiro atoms. The molecule has 0 radical (unpaired) electrons. The lowest BCUT2D eigenvalue weighted by atomic mass is 10.1. The lowest BCUT2D eigenvalue weighted by molar-refractivity contribution is 0.681. The number of benzene rings is 1. The van der Waals surface area contributed by atoms with Crippen molar-refractivity contribution in [3.63, 3.8) is 0 Å². The summed E-state index contributed by atoms with van der Waals surface area (Å²) in [5.74, 6) is 1.74. The van der Waals surface area contributed by atoms with Crippen molar-refractivity contribution >= 4 is 38.6 Å². The monoisotopic (exact) mass is 298 g/mol. The smallest absolute Gasteiger partial charge is 0.110 e. The zero-order chi connectivity index (χ0) is 11.1. The highest BCUT2D eigenvalue weighted by Crippen LogP contribution is 2.34. The number of fused-ring (bicyclic) bond motifs is 1. The third-order valence-corrected chi connectivity index (χ3v) is 4.48. The van der Waals surface area contributed by atoms with Crippen LogP contribution < -0.4 is 0 Å². The van der Waals surface area contributed by atoms with E-state index in [0.717, 1.165) is 26.4 Å². The number of rotatable bonds is 1. The molecule has 0 bridgehead atoms. The summed E-state index contributed by atoms with van der Waals surface area (Å²) in [6.45, 7) is 0. The zero-order valence-corrected chi connectivity index (χ0v) is 11.1. The largest absolute Gasteiger partial charge is 0.342 e. The molecule has 0 saturated heterocycles. The van der Waals surface area contributed by atoms with Gasteiger partial charge in [-0.05, 0) is 40.9 Å². The summed E-state index contributed by atoms with van der Waals surface area (Å²) in [4.78, 5) is 8.04. The topological polar surface area (TPSA) is 28.7 Å². The third-order valence-electron chi connectivity index (χ3n) is 3.28. The summed E-state index contributed by atoms with van der Waals surface area (Å²) in [5.41, 5.74) is 2.04. The van der Waals surface area contributed by atoms with E-state index in [1.807, 2.05) is 12.1 Å². The molecule has 3 rings (SSSR count). The molecule has 1 saturated carbocycles. The first kappa shape index (κ1) is 10.6. The molecule has 16 heavy (non-hydrogen) atoms. The van der Waals surface area contributed by atoms with Crippen molar-refractivity contribution in [1.29, 1.82) is 0 Å². The molecular weight excluding hydrogens is 288 g/mol. The highest BCUT2D eigenvalue weighted by Gasteiger charge is 2.20. The lowest BCUT2D eigenvalue weighted by Crippen LogP contribution is -1.93. The summed E-state index contributed by atoms with van der Waals surface area (Å²) >= 11 is 9.49. The Labute approximate surface area is 108 Å². The average Bonchev–Trinajstić information content (AvgIpc) is 2.86. The first-order valence-electron chi connectivity index (χ1n) is 5.59. The minimum absolute atomic E-state index is 0.616. The standard InChI is InChI=1S/C12H12BrClN2/c13-8-5-10-11(6-9(8)14)16-12(15-10)7-3-1-2-4-7/h5-7H,1-4H2,(H,15,16).